The molecule has 0 N–H and O–H groups in total. The van der Waals surface area contributed by atoms with Gasteiger partial charge in [0.2, 0.25) is 5.71 Å². The van der Waals surface area contributed by atoms with Crippen molar-refractivity contribution in [1.29, 1.82) is 0 Å². The summed E-state index contributed by atoms with van der Waals surface area (Å²) >= 11 is 0. The molecule has 7 heteroatoms. The molecule has 0 aliphatic carbocycles. The van der Waals surface area contributed by atoms with Gasteiger partial charge in [-0.2, -0.15) is 0 Å². The standard InChI is InChI=1S/C24H27N3O4/c1-16(2)14-27-21(13-19-9-12-31-24(19)27)23(29)25-10-11-26(17(3)15-25)22(28)18-5-7-20(30-4)8-6-18/h5-9,12-13,17H,1,10-11,14-15H2,2-4H3. The number of amides is 2. The molecule has 1 unspecified atom stereocenters. The molecule has 1 aliphatic rings. The van der Waals surface area contributed by atoms with Crippen LogP contribution in [0.4, 0.5) is 0 Å². The Morgan fingerprint density at radius 1 is 1.16 bits per heavy atom. The topological polar surface area (TPSA) is 67.9 Å². The van der Waals surface area contributed by atoms with Gasteiger partial charge in [0.05, 0.1) is 13.4 Å². The Labute approximate surface area is 181 Å². The first kappa shape index (κ1) is 20.8. The first-order valence-electron chi connectivity index (χ1n) is 10.3. The number of ether oxygens (including phenoxy) is 1. The van der Waals surface area contributed by atoms with Gasteiger partial charge < -0.3 is 23.5 Å². The molecule has 1 aliphatic heterocycles. The number of benzene rings is 1. The second-order valence-corrected chi connectivity index (χ2v) is 8.08. The van der Waals surface area contributed by atoms with Crippen molar-refractivity contribution in [2.45, 2.75) is 26.4 Å². The van der Waals surface area contributed by atoms with E-state index in [1.165, 1.54) is 0 Å². The van der Waals surface area contributed by atoms with Crippen LogP contribution in [0.2, 0.25) is 0 Å². The summed E-state index contributed by atoms with van der Waals surface area (Å²) in [4.78, 5) is 30.0. The van der Waals surface area contributed by atoms with Crippen LogP contribution in [0, 0.1) is 0 Å². The van der Waals surface area contributed by atoms with Crippen LogP contribution in [0.5, 0.6) is 5.75 Å². The quantitative estimate of drug-likeness (QED) is 0.588. The van der Waals surface area contributed by atoms with Crippen LogP contribution in [0.15, 0.2) is 59.2 Å². The molecule has 1 aromatic carbocycles. The van der Waals surface area contributed by atoms with E-state index in [0.29, 0.717) is 48.9 Å². The van der Waals surface area contributed by atoms with E-state index in [2.05, 4.69) is 6.58 Å². The third-order valence-electron chi connectivity index (χ3n) is 5.66. The van der Waals surface area contributed by atoms with Crippen LogP contribution in [0.1, 0.15) is 34.7 Å². The number of piperazine rings is 1. The number of nitrogens with zero attached hydrogens (tertiary/aromatic N) is 3. The minimum Gasteiger partial charge on any atom is -0.497 e. The lowest BCUT2D eigenvalue weighted by atomic mass is 10.1. The number of rotatable bonds is 5. The molecule has 1 fully saturated rings. The highest BCUT2D eigenvalue weighted by Gasteiger charge is 2.32. The normalized spacial score (nSPS) is 16.5. The predicted octanol–water partition coefficient (Wildman–Crippen LogP) is 3.81. The Balaban J connectivity index is 1.50. The lowest BCUT2D eigenvalue weighted by Gasteiger charge is -2.40. The number of carbonyl (C=O) groups excluding carboxylic acids is 2. The van der Waals surface area contributed by atoms with E-state index in [0.717, 1.165) is 11.0 Å². The molecule has 3 aromatic rings. The number of hydrogen-bond donors (Lipinski definition) is 0. The number of carbonyl (C=O) groups is 2. The number of furan rings is 1. The van der Waals surface area contributed by atoms with Crippen molar-refractivity contribution < 1.29 is 18.7 Å². The maximum Gasteiger partial charge on any atom is 0.270 e. The highest BCUT2D eigenvalue weighted by molar-refractivity contribution is 5.98. The highest BCUT2D eigenvalue weighted by atomic mass is 16.5. The molecular formula is C24H27N3O4. The van der Waals surface area contributed by atoms with Crippen LogP contribution < -0.4 is 4.74 Å². The Bertz CT molecular complexity index is 1130. The van der Waals surface area contributed by atoms with Gasteiger partial charge in [-0.3, -0.25) is 9.59 Å². The summed E-state index contributed by atoms with van der Waals surface area (Å²) in [6, 6.07) is 10.7. The highest BCUT2D eigenvalue weighted by Crippen LogP contribution is 2.25. The monoisotopic (exact) mass is 421 g/mol. The summed E-state index contributed by atoms with van der Waals surface area (Å²) < 4.78 is 12.6. The first-order valence-corrected chi connectivity index (χ1v) is 10.3. The molecule has 0 spiro atoms. The SMILES string of the molecule is C=C(C)Cn1c(C(=O)N2CCN(C(=O)c3ccc(OC)cc3)C(C)C2)cc2ccoc21. The van der Waals surface area contributed by atoms with Crippen molar-refractivity contribution >= 4 is 22.9 Å². The Kier molecular flexibility index (Phi) is 5.59. The first-order chi connectivity index (χ1) is 14.9. The van der Waals surface area contributed by atoms with E-state index in [1.54, 1.807) is 37.6 Å². The van der Waals surface area contributed by atoms with Crippen molar-refractivity contribution in [2.24, 2.45) is 0 Å². The maximum atomic E-state index is 13.3. The Hall–Kier alpha value is -3.48. The second kappa shape index (κ2) is 8.34. The summed E-state index contributed by atoms with van der Waals surface area (Å²) in [6.07, 6.45) is 1.62. The zero-order valence-corrected chi connectivity index (χ0v) is 18.1. The van der Waals surface area contributed by atoms with Crippen LogP contribution in [0.25, 0.3) is 11.1 Å². The van der Waals surface area contributed by atoms with Gasteiger partial charge in [-0.05, 0) is 50.2 Å². The summed E-state index contributed by atoms with van der Waals surface area (Å²) in [6.45, 7) is 9.82. The lowest BCUT2D eigenvalue weighted by Crippen LogP contribution is -2.55. The molecule has 0 saturated carbocycles. The molecule has 0 bridgehead atoms. The fourth-order valence-electron chi connectivity index (χ4n) is 4.08. The van der Waals surface area contributed by atoms with E-state index < -0.39 is 0 Å². The van der Waals surface area contributed by atoms with E-state index in [4.69, 9.17) is 9.15 Å². The van der Waals surface area contributed by atoms with Gasteiger partial charge in [0.25, 0.3) is 11.8 Å². The third-order valence-corrected chi connectivity index (χ3v) is 5.66. The number of hydrogen-bond acceptors (Lipinski definition) is 4. The summed E-state index contributed by atoms with van der Waals surface area (Å²) in [7, 11) is 1.60. The maximum absolute atomic E-state index is 13.3. The number of aromatic nitrogens is 1. The largest absolute Gasteiger partial charge is 0.497 e. The number of methoxy groups -OCH3 is 1. The Morgan fingerprint density at radius 2 is 1.90 bits per heavy atom. The van der Waals surface area contributed by atoms with Crippen LogP contribution in [-0.2, 0) is 6.54 Å². The lowest BCUT2D eigenvalue weighted by molar-refractivity contribution is 0.0409. The molecule has 1 saturated heterocycles. The van der Waals surface area contributed by atoms with E-state index >= 15 is 0 Å². The fraction of sp³-hybridized carbons (Fsp3) is 0.333. The molecule has 2 amide bonds. The molecule has 3 heterocycles. The zero-order valence-electron chi connectivity index (χ0n) is 18.1. The zero-order chi connectivity index (χ0) is 22.1. The smallest absolute Gasteiger partial charge is 0.270 e. The fourth-order valence-corrected chi connectivity index (χ4v) is 4.08. The van der Waals surface area contributed by atoms with Gasteiger partial charge >= 0.3 is 0 Å². The van der Waals surface area contributed by atoms with E-state index in [1.807, 2.05) is 40.3 Å². The number of fused-ring (bicyclic) bond motifs is 1. The Morgan fingerprint density at radius 3 is 2.55 bits per heavy atom. The molecule has 162 valence electrons. The molecule has 2 aromatic heterocycles. The van der Waals surface area contributed by atoms with Gasteiger partial charge in [0.15, 0.2) is 0 Å². The van der Waals surface area contributed by atoms with Gasteiger partial charge in [-0.1, -0.05) is 12.2 Å². The van der Waals surface area contributed by atoms with Crippen molar-refractivity contribution in [3.63, 3.8) is 0 Å². The average molecular weight is 421 g/mol. The third kappa shape index (κ3) is 3.95. The molecule has 0 radical (unpaired) electrons. The minimum absolute atomic E-state index is 0.0366. The number of allylic oxidation sites excluding steroid dienone is 1. The van der Waals surface area contributed by atoms with Crippen molar-refractivity contribution in [1.82, 2.24) is 14.4 Å². The van der Waals surface area contributed by atoms with E-state index in [9.17, 15) is 9.59 Å². The summed E-state index contributed by atoms with van der Waals surface area (Å²) in [5.74, 6) is 0.616. The van der Waals surface area contributed by atoms with E-state index in [-0.39, 0.29) is 17.9 Å². The molecule has 1 atom stereocenters. The van der Waals surface area contributed by atoms with Crippen LogP contribution >= 0.6 is 0 Å². The van der Waals surface area contributed by atoms with Gasteiger partial charge in [0.1, 0.15) is 11.4 Å². The van der Waals surface area contributed by atoms with Crippen LogP contribution in [-0.4, -0.2) is 59.0 Å². The van der Waals surface area contributed by atoms with Gasteiger partial charge in [-0.15, -0.1) is 0 Å². The second-order valence-electron chi connectivity index (χ2n) is 8.08. The van der Waals surface area contributed by atoms with Gasteiger partial charge in [0, 0.05) is 43.2 Å². The van der Waals surface area contributed by atoms with Crippen molar-refractivity contribution in [2.75, 3.05) is 26.7 Å². The van der Waals surface area contributed by atoms with Crippen molar-refractivity contribution in [3.05, 3.63) is 66.1 Å². The van der Waals surface area contributed by atoms with Crippen molar-refractivity contribution in [3.8, 4) is 5.75 Å². The minimum atomic E-state index is -0.0974. The summed E-state index contributed by atoms with van der Waals surface area (Å²) in [5.41, 5.74) is 2.81. The van der Waals surface area contributed by atoms with Gasteiger partial charge in [-0.25, -0.2) is 0 Å². The molecule has 7 nitrogen and oxygen atoms in total. The average Bonchev–Trinajstić information content (AvgIpc) is 3.35. The molecule has 4 rings (SSSR count). The molecular weight excluding hydrogens is 394 g/mol. The predicted molar refractivity (Wildman–Crippen MR) is 118 cm³/mol. The van der Waals surface area contributed by atoms with Crippen LogP contribution in [0.3, 0.4) is 0 Å². The molecule has 31 heavy (non-hydrogen) atoms. The summed E-state index contributed by atoms with van der Waals surface area (Å²) in [5, 5.41) is 0.894.